The van der Waals surface area contributed by atoms with Crippen LogP contribution in [-0.2, 0) is 4.79 Å². The average molecular weight is 616 g/mol. The summed E-state index contributed by atoms with van der Waals surface area (Å²) >= 11 is 9.17. The van der Waals surface area contributed by atoms with Crippen molar-refractivity contribution < 1.29 is 13.6 Å². The van der Waals surface area contributed by atoms with E-state index in [1.54, 1.807) is 12.3 Å². The van der Waals surface area contributed by atoms with Crippen molar-refractivity contribution in [2.24, 2.45) is 0 Å². The normalized spacial score (nSPS) is 16.8. The first-order valence-electron chi connectivity index (χ1n) is 12.8. The van der Waals surface area contributed by atoms with Crippen LogP contribution in [0.1, 0.15) is 30.0 Å². The van der Waals surface area contributed by atoms with Gasteiger partial charge in [0.2, 0.25) is 5.91 Å². The summed E-state index contributed by atoms with van der Waals surface area (Å²) in [5.41, 5.74) is 2.31. The molecule has 1 fully saturated rings. The van der Waals surface area contributed by atoms with Crippen LogP contribution >= 0.6 is 28.1 Å². The van der Waals surface area contributed by atoms with E-state index < -0.39 is 0 Å². The number of amides is 1. The molecule has 2 N–H and O–H groups in total. The lowest BCUT2D eigenvalue weighted by atomic mass is 10.0. The molecule has 200 valence electrons. The number of hydrogen-bond donors (Lipinski definition) is 2. The Morgan fingerprint density at radius 1 is 1.05 bits per heavy atom. The minimum Gasteiger partial charge on any atom is -0.459 e. The van der Waals surface area contributed by atoms with Gasteiger partial charge in [-0.3, -0.25) is 9.78 Å². The number of nitrogens with zero attached hydrogens (tertiary/aromatic N) is 2. The molecule has 6 nitrogen and oxygen atoms in total. The Labute approximate surface area is 244 Å². The number of hydrogen-bond acceptors (Lipinski definition) is 4. The third-order valence-corrected chi connectivity index (χ3v) is 7.96. The quantitative estimate of drug-likeness (QED) is 0.186. The lowest BCUT2D eigenvalue weighted by Gasteiger charge is -2.26. The van der Waals surface area contributed by atoms with E-state index in [-0.39, 0.29) is 30.2 Å². The van der Waals surface area contributed by atoms with E-state index in [0.29, 0.717) is 27.7 Å². The van der Waals surface area contributed by atoms with Crippen molar-refractivity contribution >= 4 is 55.6 Å². The van der Waals surface area contributed by atoms with Gasteiger partial charge in [-0.1, -0.05) is 42.5 Å². The molecule has 1 amide bonds. The minimum absolute atomic E-state index is 0.116. The summed E-state index contributed by atoms with van der Waals surface area (Å²) in [7, 11) is 0. The molecule has 1 aliphatic heterocycles. The number of carbonyl (C=O) groups excluding carboxylic acids is 1. The van der Waals surface area contributed by atoms with Crippen LogP contribution in [-0.4, -0.2) is 27.4 Å². The smallest absolute Gasteiger partial charge is 0.226 e. The first-order chi connectivity index (χ1) is 19.5. The van der Waals surface area contributed by atoms with Crippen LogP contribution in [0.3, 0.4) is 0 Å². The number of rotatable bonds is 7. The standard InChI is InChI=1S/C31H24BrFN4O2S/c32-23-18-20(33)11-12-22(23)26-13-14-27(39-26)30-29(25-9-3-4-16-34-25)36-31(40)37(30)17-15-28(38)35-24-10-5-7-19-6-1-2-8-21(19)24/h1-14,16,18,29-30H,15,17H2,(H,35,38)(H,36,40)/t29-,30+/m0/s1. The highest BCUT2D eigenvalue weighted by atomic mass is 79.9. The zero-order valence-corrected chi connectivity index (χ0v) is 23.6. The summed E-state index contributed by atoms with van der Waals surface area (Å²) < 4.78 is 20.6. The van der Waals surface area contributed by atoms with E-state index in [1.165, 1.54) is 12.1 Å². The van der Waals surface area contributed by atoms with Crippen molar-refractivity contribution in [2.75, 3.05) is 11.9 Å². The second-order valence-electron chi connectivity index (χ2n) is 9.47. The Kier molecular flexibility index (Phi) is 7.32. The number of halogens is 2. The molecule has 0 radical (unpaired) electrons. The van der Waals surface area contributed by atoms with Crippen LogP contribution in [0.5, 0.6) is 0 Å². The van der Waals surface area contributed by atoms with Crippen LogP contribution in [0.2, 0.25) is 0 Å². The van der Waals surface area contributed by atoms with Gasteiger partial charge in [0.1, 0.15) is 23.4 Å². The van der Waals surface area contributed by atoms with Crippen LogP contribution in [0.25, 0.3) is 22.1 Å². The molecular weight excluding hydrogens is 591 g/mol. The molecular formula is C31H24BrFN4O2S. The third kappa shape index (κ3) is 5.22. The highest BCUT2D eigenvalue weighted by molar-refractivity contribution is 9.10. The molecule has 0 aliphatic carbocycles. The molecule has 2 atom stereocenters. The number of nitrogens with one attached hydrogen (secondary N) is 2. The Morgan fingerprint density at radius 3 is 2.70 bits per heavy atom. The van der Waals surface area contributed by atoms with Gasteiger partial charge in [0.05, 0.1) is 11.7 Å². The fourth-order valence-electron chi connectivity index (χ4n) is 5.07. The number of thiocarbonyl (C=S) groups is 1. The van der Waals surface area contributed by atoms with Crippen LogP contribution in [0, 0.1) is 5.82 Å². The van der Waals surface area contributed by atoms with Gasteiger partial charge < -0.3 is 20.0 Å². The highest BCUT2D eigenvalue weighted by Crippen LogP contribution is 2.41. The van der Waals surface area contributed by atoms with Gasteiger partial charge in [-0.05, 0) is 82.1 Å². The van der Waals surface area contributed by atoms with Crippen molar-refractivity contribution in [1.82, 2.24) is 15.2 Å². The van der Waals surface area contributed by atoms with E-state index in [0.717, 1.165) is 27.7 Å². The van der Waals surface area contributed by atoms with Crippen molar-refractivity contribution in [1.29, 1.82) is 0 Å². The van der Waals surface area contributed by atoms with E-state index in [9.17, 15) is 9.18 Å². The molecule has 1 aliphatic rings. The van der Waals surface area contributed by atoms with Crippen LogP contribution < -0.4 is 10.6 Å². The first kappa shape index (κ1) is 26.2. The van der Waals surface area contributed by atoms with Gasteiger partial charge in [-0.25, -0.2) is 4.39 Å². The van der Waals surface area contributed by atoms with Gasteiger partial charge in [0.15, 0.2) is 5.11 Å². The second-order valence-corrected chi connectivity index (χ2v) is 10.7. The lowest BCUT2D eigenvalue weighted by Crippen LogP contribution is -2.32. The van der Waals surface area contributed by atoms with Crippen molar-refractivity contribution in [2.45, 2.75) is 18.5 Å². The molecule has 5 aromatic rings. The molecule has 9 heteroatoms. The lowest BCUT2D eigenvalue weighted by molar-refractivity contribution is -0.116. The molecule has 0 saturated carbocycles. The maximum absolute atomic E-state index is 13.7. The second kappa shape index (κ2) is 11.2. The van der Waals surface area contributed by atoms with Gasteiger partial charge in [0.25, 0.3) is 0 Å². The molecule has 0 unspecified atom stereocenters. The molecule has 40 heavy (non-hydrogen) atoms. The Hall–Kier alpha value is -4.08. The summed E-state index contributed by atoms with van der Waals surface area (Å²) in [5.74, 6) is 0.794. The molecule has 6 rings (SSSR count). The Morgan fingerprint density at radius 2 is 1.88 bits per heavy atom. The van der Waals surface area contributed by atoms with E-state index in [4.69, 9.17) is 16.6 Å². The average Bonchev–Trinajstić information content (AvgIpc) is 3.57. The number of benzene rings is 3. The number of fused-ring (bicyclic) bond motifs is 1. The van der Waals surface area contributed by atoms with Gasteiger partial charge in [-0.15, -0.1) is 0 Å². The van der Waals surface area contributed by atoms with Crippen molar-refractivity contribution in [3.63, 3.8) is 0 Å². The fraction of sp³-hybridized carbons (Fsp3) is 0.129. The summed E-state index contributed by atoms with van der Waals surface area (Å²) in [6.07, 6.45) is 1.95. The predicted molar refractivity (Wildman–Crippen MR) is 161 cm³/mol. The maximum Gasteiger partial charge on any atom is 0.226 e. The Balaban J connectivity index is 1.26. The number of aromatic nitrogens is 1. The van der Waals surface area contributed by atoms with Crippen LogP contribution in [0.4, 0.5) is 10.1 Å². The summed E-state index contributed by atoms with van der Waals surface area (Å²) in [4.78, 5) is 19.6. The third-order valence-electron chi connectivity index (χ3n) is 6.96. The topological polar surface area (TPSA) is 70.4 Å². The van der Waals surface area contributed by atoms with Gasteiger partial charge >= 0.3 is 0 Å². The monoisotopic (exact) mass is 614 g/mol. The highest BCUT2D eigenvalue weighted by Gasteiger charge is 2.41. The molecule has 0 bridgehead atoms. The Bertz CT molecular complexity index is 1710. The SMILES string of the molecule is O=C(CCN1C(=S)N[C@@H](c2ccccn2)[C@H]1c1ccc(-c2ccc(F)cc2Br)o1)Nc1cccc2ccccc12. The van der Waals surface area contributed by atoms with Gasteiger partial charge in [-0.2, -0.15) is 0 Å². The number of anilines is 1. The molecule has 0 spiro atoms. The van der Waals surface area contributed by atoms with Crippen molar-refractivity contribution in [3.05, 3.63) is 119 Å². The predicted octanol–water partition coefficient (Wildman–Crippen LogP) is 7.40. The molecule has 2 aromatic heterocycles. The maximum atomic E-state index is 13.7. The summed E-state index contributed by atoms with van der Waals surface area (Å²) in [6.45, 7) is 0.368. The summed E-state index contributed by atoms with van der Waals surface area (Å²) in [5, 5.41) is 8.99. The van der Waals surface area contributed by atoms with E-state index in [2.05, 4.69) is 31.5 Å². The number of pyridine rings is 1. The first-order valence-corrected chi connectivity index (χ1v) is 14.0. The molecule has 1 saturated heterocycles. The molecule has 3 aromatic carbocycles. The zero-order chi connectivity index (χ0) is 27.6. The zero-order valence-electron chi connectivity index (χ0n) is 21.2. The van der Waals surface area contributed by atoms with E-state index >= 15 is 0 Å². The number of carbonyl (C=O) groups is 1. The van der Waals surface area contributed by atoms with Crippen LogP contribution in [0.15, 0.2) is 106 Å². The molecule has 3 heterocycles. The summed E-state index contributed by atoms with van der Waals surface area (Å²) in [6, 6.07) is 27.1. The van der Waals surface area contributed by atoms with Crippen molar-refractivity contribution in [3.8, 4) is 11.3 Å². The number of furan rings is 1. The minimum atomic E-state index is -0.347. The fourth-order valence-corrected chi connectivity index (χ4v) is 5.95. The van der Waals surface area contributed by atoms with Gasteiger partial charge in [0, 0.05) is 40.3 Å². The largest absolute Gasteiger partial charge is 0.459 e. The van der Waals surface area contributed by atoms with E-state index in [1.807, 2.05) is 77.7 Å².